The van der Waals surface area contributed by atoms with Crippen LogP contribution in [0.1, 0.15) is 0 Å². The highest BCUT2D eigenvalue weighted by atomic mass is 32.2. The molecule has 1 aromatic heterocycles. The predicted molar refractivity (Wildman–Crippen MR) is 95.9 cm³/mol. The van der Waals surface area contributed by atoms with E-state index in [1.165, 1.54) is 23.1 Å². The molecule has 0 spiro atoms. The summed E-state index contributed by atoms with van der Waals surface area (Å²) in [4.78, 5) is 16.3. The number of anilines is 3. The lowest BCUT2D eigenvalue weighted by atomic mass is 10.2. The summed E-state index contributed by atoms with van der Waals surface area (Å²) in [5, 5.41) is 17.5. The average Bonchev–Trinajstić information content (AvgIpc) is 3.11. The van der Waals surface area contributed by atoms with Crippen molar-refractivity contribution in [1.29, 1.82) is 5.26 Å². The van der Waals surface area contributed by atoms with Gasteiger partial charge < -0.3 is 15.5 Å². The second-order valence-electron chi connectivity index (χ2n) is 5.04. The van der Waals surface area contributed by atoms with E-state index in [2.05, 4.69) is 16.3 Å². The maximum atomic E-state index is 12.6. The van der Waals surface area contributed by atoms with Gasteiger partial charge in [-0.25, -0.2) is 0 Å². The Kier molecular flexibility index (Phi) is 4.42. The molecule has 0 atom stereocenters. The number of carbonyl (C=O) groups is 1. The summed E-state index contributed by atoms with van der Waals surface area (Å²) in [6, 6.07) is 9.82. The topological polar surface area (TPSA) is 99.1 Å². The molecule has 0 saturated heterocycles. The van der Waals surface area contributed by atoms with Crippen LogP contribution in [0.15, 0.2) is 40.0 Å². The number of nitrogens with two attached hydrogens (primary N) is 1. The van der Waals surface area contributed by atoms with Gasteiger partial charge in [-0.2, -0.15) is 5.26 Å². The van der Waals surface area contributed by atoms with Crippen LogP contribution in [0.2, 0.25) is 0 Å². The van der Waals surface area contributed by atoms with E-state index in [9.17, 15) is 10.1 Å². The molecule has 1 aliphatic rings. The first-order valence-corrected chi connectivity index (χ1v) is 8.79. The van der Waals surface area contributed by atoms with Crippen LogP contribution < -0.4 is 15.5 Å². The van der Waals surface area contributed by atoms with Crippen LogP contribution in [0.25, 0.3) is 0 Å². The fourth-order valence-electron chi connectivity index (χ4n) is 2.54. The van der Waals surface area contributed by atoms with Crippen LogP contribution in [0.5, 0.6) is 0 Å². The number of para-hydroxylation sites is 2. The Morgan fingerprint density at radius 3 is 2.42 bits per heavy atom. The summed E-state index contributed by atoms with van der Waals surface area (Å²) < 4.78 is 0.611. The van der Waals surface area contributed by atoms with E-state index < -0.39 is 0 Å². The van der Waals surface area contributed by atoms with E-state index in [4.69, 9.17) is 5.73 Å². The molecule has 9 heteroatoms. The average molecular weight is 358 g/mol. The van der Waals surface area contributed by atoms with Crippen molar-refractivity contribution in [3.63, 3.8) is 0 Å². The number of nitrogen functional groups attached to an aromatic ring is 1. The van der Waals surface area contributed by atoms with Crippen LogP contribution in [0.3, 0.4) is 0 Å². The lowest BCUT2D eigenvalue weighted by Crippen LogP contribution is -2.26. The SMILES string of the molecule is CN1C(=C(C#N)C(=O)CSc2nnc(N)s2)N(C)c2ccccc21. The molecule has 3 rings (SSSR count). The molecule has 1 aliphatic heterocycles. The van der Waals surface area contributed by atoms with Gasteiger partial charge in [0.1, 0.15) is 17.5 Å². The molecule has 2 N–H and O–H groups in total. The Bertz CT molecular complexity index is 838. The molecule has 0 saturated carbocycles. The summed E-state index contributed by atoms with van der Waals surface area (Å²) in [7, 11) is 3.70. The maximum absolute atomic E-state index is 12.6. The minimum absolute atomic E-state index is 0.110. The third-order valence-corrected chi connectivity index (χ3v) is 5.49. The highest BCUT2D eigenvalue weighted by molar-refractivity contribution is 8.01. The monoisotopic (exact) mass is 358 g/mol. The first kappa shape index (κ1) is 16.3. The van der Waals surface area contributed by atoms with E-state index in [0.29, 0.717) is 15.3 Å². The maximum Gasteiger partial charge on any atom is 0.203 e. The molecule has 0 radical (unpaired) electrons. The molecule has 7 nitrogen and oxygen atoms in total. The van der Waals surface area contributed by atoms with Crippen molar-refractivity contribution < 1.29 is 4.79 Å². The zero-order valence-electron chi connectivity index (χ0n) is 13.1. The van der Waals surface area contributed by atoms with Gasteiger partial charge >= 0.3 is 0 Å². The Morgan fingerprint density at radius 1 is 1.29 bits per heavy atom. The van der Waals surface area contributed by atoms with Gasteiger partial charge in [0, 0.05) is 14.1 Å². The summed E-state index contributed by atoms with van der Waals surface area (Å²) in [5.41, 5.74) is 7.57. The Labute approximate surface area is 147 Å². The number of Topliss-reactive ketones (excluding diaryl/α,β-unsaturated/α-hetero) is 1. The smallest absolute Gasteiger partial charge is 0.203 e. The number of hydrogen-bond acceptors (Lipinski definition) is 9. The highest BCUT2D eigenvalue weighted by Gasteiger charge is 2.31. The second-order valence-corrected chi connectivity index (χ2v) is 7.27. The standard InChI is InChI=1S/C15H14N6OS2/c1-20-10-5-3-4-6-11(10)21(2)13(20)9(7-16)12(22)8-23-15-19-18-14(17)24-15/h3-6H,8H2,1-2H3,(H2,17,18). The number of hydrogen-bond donors (Lipinski definition) is 1. The molecule has 0 amide bonds. The van der Waals surface area contributed by atoms with Crippen molar-refractivity contribution in [2.24, 2.45) is 0 Å². The van der Waals surface area contributed by atoms with E-state index in [-0.39, 0.29) is 17.1 Å². The number of ketones is 1. The minimum Gasteiger partial charge on any atom is -0.374 e. The fraction of sp³-hybridized carbons (Fsp3) is 0.200. The van der Waals surface area contributed by atoms with Crippen molar-refractivity contribution in [3.8, 4) is 6.07 Å². The van der Waals surface area contributed by atoms with Gasteiger partial charge in [0.05, 0.1) is 17.1 Å². The van der Waals surface area contributed by atoms with Gasteiger partial charge in [-0.05, 0) is 12.1 Å². The van der Waals surface area contributed by atoms with Crippen LogP contribution in [-0.4, -0.2) is 35.8 Å². The van der Waals surface area contributed by atoms with Gasteiger partial charge in [-0.1, -0.05) is 35.2 Å². The van der Waals surface area contributed by atoms with Crippen molar-refractivity contribution in [2.45, 2.75) is 4.34 Å². The molecule has 2 heterocycles. The number of fused-ring (bicyclic) bond motifs is 1. The first-order chi connectivity index (χ1) is 11.5. The number of carbonyl (C=O) groups excluding carboxylic acids is 1. The number of nitriles is 1. The molecule has 1 aromatic carbocycles. The fourth-order valence-corrected chi connectivity index (χ4v) is 4.04. The number of allylic oxidation sites excluding steroid dienone is 1. The number of thioether (sulfide) groups is 1. The van der Waals surface area contributed by atoms with E-state index >= 15 is 0 Å². The molecular weight excluding hydrogens is 344 g/mol. The summed E-state index contributed by atoms with van der Waals surface area (Å²) in [5.74, 6) is 0.442. The molecule has 0 unspecified atom stereocenters. The zero-order chi connectivity index (χ0) is 17.3. The molecule has 0 aliphatic carbocycles. The third kappa shape index (κ3) is 2.81. The number of benzene rings is 1. The van der Waals surface area contributed by atoms with Crippen LogP contribution in [0, 0.1) is 11.3 Å². The quantitative estimate of drug-likeness (QED) is 0.504. The van der Waals surface area contributed by atoms with Crippen molar-refractivity contribution in [3.05, 3.63) is 35.7 Å². The van der Waals surface area contributed by atoms with E-state index in [1.807, 2.05) is 48.2 Å². The van der Waals surface area contributed by atoms with Gasteiger partial charge in [-0.15, -0.1) is 10.2 Å². The van der Waals surface area contributed by atoms with Crippen LogP contribution >= 0.6 is 23.1 Å². The van der Waals surface area contributed by atoms with Crippen molar-refractivity contribution in [1.82, 2.24) is 10.2 Å². The molecular formula is C15H14N6OS2. The second kappa shape index (κ2) is 6.51. The zero-order valence-corrected chi connectivity index (χ0v) is 14.7. The molecule has 24 heavy (non-hydrogen) atoms. The number of nitrogens with zero attached hydrogens (tertiary/aromatic N) is 5. The Balaban J connectivity index is 1.86. The molecule has 2 aromatic rings. The van der Waals surface area contributed by atoms with E-state index in [0.717, 1.165) is 11.4 Å². The lowest BCUT2D eigenvalue weighted by Gasteiger charge is -2.19. The largest absolute Gasteiger partial charge is 0.374 e. The summed E-state index contributed by atoms with van der Waals surface area (Å²) in [6.45, 7) is 0. The number of rotatable bonds is 4. The van der Waals surface area contributed by atoms with E-state index in [1.54, 1.807) is 0 Å². The minimum atomic E-state index is -0.252. The van der Waals surface area contributed by atoms with Gasteiger partial charge in [0.25, 0.3) is 0 Å². The molecule has 122 valence electrons. The third-order valence-electron chi connectivity index (χ3n) is 3.60. The van der Waals surface area contributed by atoms with Gasteiger partial charge in [-0.3, -0.25) is 4.79 Å². The highest BCUT2D eigenvalue weighted by Crippen LogP contribution is 2.40. The summed E-state index contributed by atoms with van der Waals surface area (Å²) >= 11 is 2.45. The normalized spacial score (nSPS) is 13.0. The van der Waals surface area contributed by atoms with Gasteiger partial charge in [0.2, 0.25) is 5.13 Å². The Hall–Kier alpha value is -2.57. The lowest BCUT2D eigenvalue weighted by molar-refractivity contribution is -0.112. The number of aromatic nitrogens is 2. The molecule has 0 bridgehead atoms. The van der Waals surface area contributed by atoms with Crippen LogP contribution in [-0.2, 0) is 4.79 Å². The van der Waals surface area contributed by atoms with Crippen LogP contribution in [0.4, 0.5) is 16.5 Å². The first-order valence-electron chi connectivity index (χ1n) is 6.98. The Morgan fingerprint density at radius 2 is 1.92 bits per heavy atom. The van der Waals surface area contributed by atoms with Gasteiger partial charge in [0.15, 0.2) is 10.1 Å². The van der Waals surface area contributed by atoms with Crippen molar-refractivity contribution in [2.75, 3.05) is 35.4 Å². The molecule has 0 fully saturated rings. The summed E-state index contributed by atoms with van der Waals surface area (Å²) in [6.07, 6.45) is 0. The van der Waals surface area contributed by atoms with Crippen molar-refractivity contribution >= 4 is 45.4 Å². The predicted octanol–water partition coefficient (Wildman–Crippen LogP) is 2.10.